The predicted molar refractivity (Wildman–Crippen MR) is 78.7 cm³/mol. The molecule has 6 nitrogen and oxygen atoms in total. The Morgan fingerprint density at radius 3 is 2.90 bits per heavy atom. The van der Waals surface area contributed by atoms with Gasteiger partial charge in [-0.05, 0) is 18.7 Å². The van der Waals surface area contributed by atoms with Crippen LogP contribution in [0.25, 0.3) is 0 Å². The van der Waals surface area contributed by atoms with Gasteiger partial charge in [-0.15, -0.1) is 0 Å². The van der Waals surface area contributed by atoms with Crippen LogP contribution in [-0.4, -0.2) is 56.8 Å². The molecule has 110 valence electrons. The number of amides is 1. The van der Waals surface area contributed by atoms with Crippen LogP contribution >= 0.6 is 0 Å². The zero-order valence-corrected chi connectivity index (χ0v) is 12.1. The molecule has 1 N–H and O–H groups in total. The molecule has 0 radical (unpaired) electrons. The average Bonchev–Trinajstić information content (AvgIpc) is 3.08. The van der Waals surface area contributed by atoms with E-state index < -0.39 is 0 Å². The Labute approximate surface area is 123 Å². The molecular formula is C15H19N5O. The highest BCUT2D eigenvalue weighted by molar-refractivity contribution is 5.92. The van der Waals surface area contributed by atoms with E-state index in [2.05, 4.69) is 26.8 Å². The van der Waals surface area contributed by atoms with Crippen molar-refractivity contribution in [2.75, 3.05) is 26.2 Å². The number of carbonyl (C=O) groups excluding carboxylic acids is 1. The van der Waals surface area contributed by atoms with Crippen molar-refractivity contribution >= 4 is 5.91 Å². The lowest BCUT2D eigenvalue weighted by Gasteiger charge is -2.39. The monoisotopic (exact) mass is 285 g/mol. The number of likely N-dealkylation sites (N-methyl/N-ethyl adjacent to an activating group) is 1. The van der Waals surface area contributed by atoms with E-state index >= 15 is 0 Å². The van der Waals surface area contributed by atoms with Gasteiger partial charge in [0, 0.05) is 38.2 Å². The van der Waals surface area contributed by atoms with Gasteiger partial charge in [0.15, 0.2) is 0 Å². The fraction of sp³-hybridized carbons (Fsp3) is 0.400. The molecule has 21 heavy (non-hydrogen) atoms. The zero-order chi connectivity index (χ0) is 14.7. The maximum absolute atomic E-state index is 12.5. The van der Waals surface area contributed by atoms with Crippen LogP contribution in [0.3, 0.4) is 0 Å². The van der Waals surface area contributed by atoms with Crippen LogP contribution in [0.5, 0.6) is 0 Å². The second kappa shape index (κ2) is 6.05. The predicted octanol–water partition coefficient (Wildman–Crippen LogP) is 1.32. The van der Waals surface area contributed by atoms with Gasteiger partial charge in [-0.25, -0.2) is 4.98 Å². The molecule has 0 aromatic carbocycles. The molecule has 0 spiro atoms. The van der Waals surface area contributed by atoms with Gasteiger partial charge in [0.2, 0.25) is 0 Å². The molecule has 6 heteroatoms. The van der Waals surface area contributed by atoms with Crippen molar-refractivity contribution in [3.63, 3.8) is 0 Å². The van der Waals surface area contributed by atoms with Crippen LogP contribution in [0.4, 0.5) is 0 Å². The lowest BCUT2D eigenvalue weighted by atomic mass is 10.1. The lowest BCUT2D eigenvalue weighted by Crippen LogP contribution is -2.50. The molecule has 3 heterocycles. The summed E-state index contributed by atoms with van der Waals surface area (Å²) in [6, 6.07) is 5.53. The summed E-state index contributed by atoms with van der Waals surface area (Å²) < 4.78 is 0. The number of hydrogen-bond acceptors (Lipinski definition) is 4. The van der Waals surface area contributed by atoms with Gasteiger partial charge in [0.1, 0.15) is 11.5 Å². The maximum atomic E-state index is 12.5. The third-order valence-electron chi connectivity index (χ3n) is 3.90. The third kappa shape index (κ3) is 2.80. The van der Waals surface area contributed by atoms with E-state index in [4.69, 9.17) is 0 Å². The number of pyridine rings is 1. The van der Waals surface area contributed by atoms with Gasteiger partial charge < -0.3 is 9.88 Å². The largest absolute Gasteiger partial charge is 0.347 e. The number of aromatic nitrogens is 3. The fourth-order valence-corrected chi connectivity index (χ4v) is 2.75. The summed E-state index contributed by atoms with van der Waals surface area (Å²) in [5.41, 5.74) is 0.501. The number of carbonyl (C=O) groups is 1. The van der Waals surface area contributed by atoms with Crippen LogP contribution in [0, 0.1) is 0 Å². The Kier molecular flexibility index (Phi) is 3.96. The quantitative estimate of drug-likeness (QED) is 0.924. The molecule has 1 fully saturated rings. The molecule has 3 rings (SSSR count). The molecular weight excluding hydrogens is 266 g/mol. The minimum Gasteiger partial charge on any atom is -0.347 e. The first-order valence-corrected chi connectivity index (χ1v) is 7.23. The molecule has 0 aliphatic carbocycles. The van der Waals surface area contributed by atoms with Crippen molar-refractivity contribution < 1.29 is 4.79 Å². The second-order valence-corrected chi connectivity index (χ2v) is 5.08. The minimum absolute atomic E-state index is 0.0112. The number of rotatable bonds is 3. The summed E-state index contributed by atoms with van der Waals surface area (Å²) in [5, 5.41) is 0. The van der Waals surface area contributed by atoms with Gasteiger partial charge in [-0.2, -0.15) is 0 Å². The highest BCUT2D eigenvalue weighted by atomic mass is 16.2. The molecule has 1 aliphatic heterocycles. The smallest absolute Gasteiger partial charge is 0.272 e. The lowest BCUT2D eigenvalue weighted by molar-refractivity contribution is 0.0475. The van der Waals surface area contributed by atoms with Crippen molar-refractivity contribution in [1.82, 2.24) is 24.8 Å². The Morgan fingerprint density at radius 1 is 1.33 bits per heavy atom. The van der Waals surface area contributed by atoms with Gasteiger partial charge in [0.25, 0.3) is 5.91 Å². The third-order valence-corrected chi connectivity index (χ3v) is 3.90. The first kappa shape index (κ1) is 13.8. The highest BCUT2D eigenvalue weighted by Crippen LogP contribution is 2.23. The van der Waals surface area contributed by atoms with Crippen LogP contribution in [0.2, 0.25) is 0 Å². The van der Waals surface area contributed by atoms with E-state index in [1.807, 2.05) is 23.2 Å². The van der Waals surface area contributed by atoms with Gasteiger partial charge in [0.05, 0.1) is 6.04 Å². The summed E-state index contributed by atoms with van der Waals surface area (Å²) in [6.07, 6.45) is 5.23. The average molecular weight is 285 g/mol. The number of nitrogens with one attached hydrogen (secondary N) is 1. The number of hydrogen-bond donors (Lipinski definition) is 1. The summed E-state index contributed by atoms with van der Waals surface area (Å²) in [5.74, 6) is 0.901. The number of nitrogens with zero attached hydrogens (tertiary/aromatic N) is 4. The van der Waals surface area contributed by atoms with Gasteiger partial charge in [-0.3, -0.25) is 14.7 Å². The topological polar surface area (TPSA) is 65.1 Å². The Hall–Kier alpha value is -2.21. The molecule has 2 aromatic heterocycles. The van der Waals surface area contributed by atoms with Crippen LogP contribution in [0.1, 0.15) is 29.3 Å². The Balaban J connectivity index is 1.78. The molecule has 0 unspecified atom stereocenters. The number of H-pyrrole nitrogens is 1. The number of piperazine rings is 1. The summed E-state index contributed by atoms with van der Waals surface area (Å²) in [6.45, 7) is 5.28. The Morgan fingerprint density at radius 2 is 2.24 bits per heavy atom. The SMILES string of the molecule is CCN1CCN(C(=O)c2ccccn2)C[C@H]1c1ncc[nH]1. The van der Waals surface area contributed by atoms with Crippen molar-refractivity contribution in [3.05, 3.63) is 48.3 Å². The zero-order valence-electron chi connectivity index (χ0n) is 12.1. The molecule has 2 aromatic rings. The molecule has 1 saturated heterocycles. The second-order valence-electron chi connectivity index (χ2n) is 5.08. The van der Waals surface area contributed by atoms with E-state index in [0.29, 0.717) is 12.2 Å². The standard InChI is InChI=1S/C15H19N5O/c1-2-19-9-10-20(11-13(19)14-17-7-8-18-14)15(21)12-5-3-4-6-16-12/h3-8,13H,2,9-11H2,1H3,(H,17,18)/t13-/m0/s1. The van der Waals surface area contributed by atoms with E-state index in [1.165, 1.54) is 0 Å². The summed E-state index contributed by atoms with van der Waals surface area (Å²) in [4.78, 5) is 28.4. The van der Waals surface area contributed by atoms with Crippen molar-refractivity contribution in [2.45, 2.75) is 13.0 Å². The van der Waals surface area contributed by atoms with E-state index in [9.17, 15) is 4.79 Å². The van der Waals surface area contributed by atoms with E-state index in [-0.39, 0.29) is 11.9 Å². The van der Waals surface area contributed by atoms with Gasteiger partial charge in [-0.1, -0.05) is 13.0 Å². The number of aromatic amines is 1. The minimum atomic E-state index is -0.0112. The molecule has 1 atom stereocenters. The van der Waals surface area contributed by atoms with E-state index in [1.54, 1.807) is 18.5 Å². The van der Waals surface area contributed by atoms with Crippen LogP contribution < -0.4 is 0 Å². The van der Waals surface area contributed by atoms with Crippen molar-refractivity contribution in [3.8, 4) is 0 Å². The summed E-state index contributed by atoms with van der Waals surface area (Å²) in [7, 11) is 0. The summed E-state index contributed by atoms with van der Waals surface area (Å²) >= 11 is 0. The van der Waals surface area contributed by atoms with Crippen molar-refractivity contribution in [1.29, 1.82) is 0 Å². The van der Waals surface area contributed by atoms with Crippen LogP contribution in [-0.2, 0) is 0 Å². The number of imidazole rings is 1. The molecule has 1 aliphatic rings. The fourth-order valence-electron chi connectivity index (χ4n) is 2.75. The normalized spacial score (nSPS) is 19.7. The van der Waals surface area contributed by atoms with E-state index in [0.717, 1.165) is 25.5 Å². The van der Waals surface area contributed by atoms with Crippen molar-refractivity contribution in [2.24, 2.45) is 0 Å². The van der Waals surface area contributed by atoms with Gasteiger partial charge >= 0.3 is 0 Å². The maximum Gasteiger partial charge on any atom is 0.272 e. The molecule has 0 saturated carbocycles. The highest BCUT2D eigenvalue weighted by Gasteiger charge is 2.31. The first-order valence-electron chi connectivity index (χ1n) is 7.23. The first-order chi connectivity index (χ1) is 10.3. The van der Waals surface area contributed by atoms with Crippen LogP contribution in [0.15, 0.2) is 36.8 Å². The Bertz CT molecular complexity index is 583. The molecule has 1 amide bonds. The molecule has 0 bridgehead atoms.